The highest BCUT2D eigenvalue weighted by atomic mass is 32.2. The third kappa shape index (κ3) is 5.03. The zero-order valence-corrected chi connectivity index (χ0v) is 20.8. The Kier molecular flexibility index (Phi) is 7.11. The maximum Gasteiger partial charge on any atom is 0.273 e. The highest BCUT2D eigenvalue weighted by Gasteiger charge is 2.41. The minimum atomic E-state index is -3.77. The first-order valence-corrected chi connectivity index (χ1v) is 13.6. The van der Waals surface area contributed by atoms with Crippen LogP contribution < -0.4 is 5.32 Å². The molecule has 2 fully saturated rings. The van der Waals surface area contributed by atoms with Gasteiger partial charge in [0.15, 0.2) is 12.1 Å². The molecule has 3 heterocycles. The molecule has 0 bridgehead atoms. The van der Waals surface area contributed by atoms with Crippen molar-refractivity contribution >= 4 is 15.9 Å². The summed E-state index contributed by atoms with van der Waals surface area (Å²) in [4.78, 5) is 16.6. The molecule has 37 heavy (non-hydrogen) atoms. The Labute approximate surface area is 213 Å². The number of halogens is 2. The van der Waals surface area contributed by atoms with Crippen molar-refractivity contribution in [1.29, 1.82) is 0 Å². The molecule has 8 nitrogen and oxygen atoms in total. The molecule has 0 aliphatic carbocycles. The predicted octanol–water partition coefficient (Wildman–Crippen LogP) is 4.06. The molecule has 2 aliphatic heterocycles. The van der Waals surface area contributed by atoms with Gasteiger partial charge in [0.05, 0.1) is 5.54 Å². The van der Waals surface area contributed by atoms with E-state index in [1.54, 1.807) is 24.3 Å². The van der Waals surface area contributed by atoms with Gasteiger partial charge in [-0.3, -0.25) is 4.79 Å². The largest absolute Gasteiger partial charge is 0.451 e. The molecule has 2 saturated heterocycles. The van der Waals surface area contributed by atoms with Crippen LogP contribution >= 0.6 is 0 Å². The molecular weight excluding hydrogens is 504 g/mol. The van der Waals surface area contributed by atoms with Gasteiger partial charge in [0.2, 0.25) is 10.0 Å². The van der Waals surface area contributed by atoms with Crippen LogP contribution in [0.2, 0.25) is 0 Å². The number of sulfonamides is 1. The number of carbonyl (C=O) groups is 1. The molecule has 5 rings (SSSR count). The number of hydrogen-bond donors (Lipinski definition) is 1. The van der Waals surface area contributed by atoms with Crippen molar-refractivity contribution in [2.45, 2.75) is 43.0 Å². The second-order valence-electron chi connectivity index (χ2n) is 9.37. The molecule has 1 N–H and O–H groups in total. The molecule has 1 amide bonds. The monoisotopic (exact) mass is 531 g/mol. The standard InChI is InChI=1S/C26H27F2N3O5S/c27-21-14-20(26(8-11-35-12-9-26)30-25(32)23-16-36-17-29-23)22(28)13-19(21)15-31-10-4-7-24(37(31,33)34)18-5-2-1-3-6-18/h1-3,5-6,13-14,16-17,24H,4,7-12,15H2,(H,30,32)/t24-/m1/s1. The molecule has 0 radical (unpaired) electrons. The number of nitrogens with one attached hydrogen (secondary N) is 1. The van der Waals surface area contributed by atoms with Crippen LogP contribution in [-0.4, -0.2) is 43.4 Å². The molecule has 196 valence electrons. The van der Waals surface area contributed by atoms with Gasteiger partial charge in [-0.15, -0.1) is 0 Å². The van der Waals surface area contributed by atoms with Crippen molar-refractivity contribution in [3.63, 3.8) is 0 Å². The Morgan fingerprint density at radius 3 is 2.59 bits per heavy atom. The van der Waals surface area contributed by atoms with E-state index in [0.29, 0.717) is 18.4 Å². The van der Waals surface area contributed by atoms with Crippen molar-refractivity contribution < 1.29 is 31.1 Å². The predicted molar refractivity (Wildman–Crippen MR) is 130 cm³/mol. The van der Waals surface area contributed by atoms with Crippen LogP contribution in [0.25, 0.3) is 0 Å². The molecule has 2 aromatic carbocycles. The molecule has 2 aliphatic rings. The molecule has 0 spiro atoms. The second-order valence-corrected chi connectivity index (χ2v) is 11.5. The topological polar surface area (TPSA) is 102 Å². The van der Waals surface area contributed by atoms with Gasteiger partial charge in [0.25, 0.3) is 5.91 Å². The van der Waals surface area contributed by atoms with E-state index in [1.165, 1.54) is 10.6 Å². The van der Waals surface area contributed by atoms with Gasteiger partial charge in [0.1, 0.15) is 23.1 Å². The van der Waals surface area contributed by atoms with E-state index in [2.05, 4.69) is 10.3 Å². The molecule has 11 heteroatoms. The summed E-state index contributed by atoms with van der Waals surface area (Å²) in [7, 11) is -3.77. The van der Waals surface area contributed by atoms with Crippen molar-refractivity contribution in [3.05, 3.63) is 89.1 Å². The number of ether oxygens (including phenoxy) is 1. The van der Waals surface area contributed by atoms with E-state index in [1.807, 2.05) is 6.07 Å². The molecule has 3 aromatic rings. The Morgan fingerprint density at radius 2 is 1.89 bits per heavy atom. The van der Waals surface area contributed by atoms with Crippen LogP contribution in [0.4, 0.5) is 8.78 Å². The van der Waals surface area contributed by atoms with Crippen molar-refractivity contribution in [2.24, 2.45) is 0 Å². The highest BCUT2D eigenvalue weighted by Crippen LogP contribution is 2.38. The van der Waals surface area contributed by atoms with Crippen LogP contribution in [0.15, 0.2) is 59.5 Å². The number of aromatic nitrogens is 1. The zero-order valence-electron chi connectivity index (χ0n) is 20.0. The number of benzene rings is 2. The number of amides is 1. The van der Waals surface area contributed by atoms with Gasteiger partial charge in [-0.25, -0.2) is 22.2 Å². The van der Waals surface area contributed by atoms with Gasteiger partial charge >= 0.3 is 0 Å². The van der Waals surface area contributed by atoms with E-state index in [9.17, 15) is 13.2 Å². The smallest absolute Gasteiger partial charge is 0.273 e. The molecule has 1 atom stereocenters. The summed E-state index contributed by atoms with van der Waals surface area (Å²) >= 11 is 0. The van der Waals surface area contributed by atoms with E-state index in [4.69, 9.17) is 9.15 Å². The zero-order chi connectivity index (χ0) is 26.0. The van der Waals surface area contributed by atoms with Crippen LogP contribution in [0, 0.1) is 11.6 Å². The van der Waals surface area contributed by atoms with Gasteiger partial charge in [0, 0.05) is 37.4 Å². The van der Waals surface area contributed by atoms with Crippen LogP contribution in [-0.2, 0) is 26.8 Å². The molecule has 0 saturated carbocycles. The third-order valence-electron chi connectivity index (χ3n) is 7.13. The van der Waals surface area contributed by atoms with Gasteiger partial charge in [-0.05, 0) is 43.4 Å². The van der Waals surface area contributed by atoms with E-state index >= 15 is 8.78 Å². The average Bonchev–Trinajstić information content (AvgIpc) is 3.43. The molecule has 1 aromatic heterocycles. The normalized spacial score (nSPS) is 21.4. The fourth-order valence-electron chi connectivity index (χ4n) is 5.14. The lowest BCUT2D eigenvalue weighted by molar-refractivity contribution is 0.0330. The molecular formula is C26H27F2N3O5S. The lowest BCUT2D eigenvalue weighted by atomic mass is 9.81. The SMILES string of the molecule is O=C(NC1(c2cc(F)c(CN3CCC[C@H](c4ccccc4)S3(=O)=O)cc2F)CCOCC1)c1cocn1. The van der Waals surface area contributed by atoms with Gasteiger partial charge < -0.3 is 14.5 Å². The van der Waals surface area contributed by atoms with Gasteiger partial charge in [-0.1, -0.05) is 30.3 Å². The summed E-state index contributed by atoms with van der Waals surface area (Å²) in [5, 5.41) is 2.07. The Morgan fingerprint density at radius 1 is 1.14 bits per heavy atom. The summed E-state index contributed by atoms with van der Waals surface area (Å²) in [6.45, 7) is 0.434. The lowest BCUT2D eigenvalue weighted by Crippen LogP contribution is -2.50. The summed E-state index contributed by atoms with van der Waals surface area (Å²) in [5.41, 5.74) is -0.598. The fraction of sp³-hybridized carbons (Fsp3) is 0.385. The third-order valence-corrected chi connectivity index (χ3v) is 9.39. The van der Waals surface area contributed by atoms with Crippen molar-refractivity contribution in [2.75, 3.05) is 19.8 Å². The van der Waals surface area contributed by atoms with Gasteiger partial charge in [-0.2, -0.15) is 4.31 Å². The fourth-order valence-corrected chi connectivity index (χ4v) is 7.17. The first kappa shape index (κ1) is 25.5. The number of carbonyl (C=O) groups excluding carboxylic acids is 1. The summed E-state index contributed by atoms with van der Waals surface area (Å²) in [5.74, 6) is -2.05. The highest BCUT2D eigenvalue weighted by molar-refractivity contribution is 7.89. The van der Waals surface area contributed by atoms with E-state index < -0.39 is 38.4 Å². The number of oxazole rings is 1. The Balaban J connectivity index is 1.43. The quantitative estimate of drug-likeness (QED) is 0.515. The molecule has 0 unspecified atom stereocenters. The van der Waals surface area contributed by atoms with E-state index in [-0.39, 0.29) is 56.0 Å². The first-order chi connectivity index (χ1) is 17.8. The van der Waals surface area contributed by atoms with Crippen LogP contribution in [0.1, 0.15) is 58.1 Å². The summed E-state index contributed by atoms with van der Waals surface area (Å²) < 4.78 is 69.2. The average molecular weight is 532 g/mol. The number of rotatable bonds is 6. The second kappa shape index (κ2) is 10.3. The van der Waals surface area contributed by atoms with E-state index in [0.717, 1.165) is 18.5 Å². The summed E-state index contributed by atoms with van der Waals surface area (Å²) in [6.07, 6.45) is 3.81. The minimum absolute atomic E-state index is 0.0161. The summed E-state index contributed by atoms with van der Waals surface area (Å²) in [6, 6.07) is 11.0. The maximum atomic E-state index is 15.6. The lowest BCUT2D eigenvalue weighted by Gasteiger charge is -2.38. The van der Waals surface area contributed by atoms with Crippen LogP contribution in [0.3, 0.4) is 0 Å². The first-order valence-electron chi connectivity index (χ1n) is 12.1. The van der Waals surface area contributed by atoms with Crippen LogP contribution in [0.5, 0.6) is 0 Å². The number of hydrogen-bond acceptors (Lipinski definition) is 6. The van der Waals surface area contributed by atoms with Crippen molar-refractivity contribution in [3.8, 4) is 0 Å². The Bertz CT molecular complexity index is 1360. The Hall–Kier alpha value is -3.15. The minimum Gasteiger partial charge on any atom is -0.451 e. The van der Waals surface area contributed by atoms with Crippen molar-refractivity contribution in [1.82, 2.24) is 14.6 Å². The maximum absolute atomic E-state index is 15.6. The number of nitrogens with zero attached hydrogens (tertiary/aromatic N) is 2.